The van der Waals surface area contributed by atoms with Crippen LogP contribution in [0.2, 0.25) is 0 Å². The smallest absolute Gasteiger partial charge is 0.241 e. The van der Waals surface area contributed by atoms with Crippen LogP contribution in [0.1, 0.15) is 29.2 Å². The first-order valence-corrected chi connectivity index (χ1v) is 9.26. The van der Waals surface area contributed by atoms with Gasteiger partial charge >= 0.3 is 0 Å². The summed E-state index contributed by atoms with van der Waals surface area (Å²) < 4.78 is 14.8. The van der Waals surface area contributed by atoms with Crippen molar-refractivity contribution in [3.63, 3.8) is 0 Å². The first kappa shape index (κ1) is 22.6. The molecule has 0 aromatic heterocycles. The van der Waals surface area contributed by atoms with Crippen molar-refractivity contribution in [2.24, 2.45) is 0 Å². The molecule has 1 amide bonds. The van der Waals surface area contributed by atoms with Crippen LogP contribution in [-0.2, 0) is 30.7 Å². The van der Waals surface area contributed by atoms with Gasteiger partial charge in [-0.15, -0.1) is 24.8 Å². The van der Waals surface area contributed by atoms with Gasteiger partial charge in [0.1, 0.15) is 5.82 Å². The molecule has 4 nitrogen and oxygen atoms in total. The lowest BCUT2D eigenvalue weighted by molar-refractivity contribution is -0.121. The molecule has 0 saturated carbocycles. The van der Waals surface area contributed by atoms with Crippen LogP contribution in [0, 0.1) is 5.82 Å². The summed E-state index contributed by atoms with van der Waals surface area (Å²) in [7, 11) is 0. The van der Waals surface area contributed by atoms with Gasteiger partial charge < -0.3 is 10.6 Å². The lowest BCUT2D eigenvalue weighted by Crippen LogP contribution is -2.44. The molecule has 2 aromatic carbocycles. The number of rotatable bonds is 3. The molecule has 0 bridgehead atoms. The summed E-state index contributed by atoms with van der Waals surface area (Å²) >= 11 is 0. The molecule has 2 N–H and O–H groups in total. The number of anilines is 1. The fraction of sp³-hybridized carbons (Fsp3) is 0.381. The normalized spacial score (nSPS) is 16.6. The molecule has 4 rings (SSSR count). The number of hydrogen-bond acceptors (Lipinski definition) is 3. The first-order valence-electron chi connectivity index (χ1n) is 9.26. The highest BCUT2D eigenvalue weighted by Crippen LogP contribution is 2.25. The van der Waals surface area contributed by atoms with Crippen LogP contribution in [0.25, 0.3) is 0 Å². The van der Waals surface area contributed by atoms with Gasteiger partial charge in [0.15, 0.2) is 0 Å². The molecule has 2 aliphatic heterocycles. The topological polar surface area (TPSA) is 44.4 Å². The highest BCUT2D eigenvalue weighted by Gasteiger charge is 2.26. The summed E-state index contributed by atoms with van der Waals surface area (Å²) in [4.78, 5) is 14.9. The molecular weight excluding hydrogens is 400 g/mol. The second kappa shape index (κ2) is 9.70. The summed E-state index contributed by atoms with van der Waals surface area (Å²) in [5.41, 5.74) is 4.62. The van der Waals surface area contributed by atoms with Crippen molar-refractivity contribution >= 4 is 36.4 Å². The number of benzene rings is 2. The van der Waals surface area contributed by atoms with E-state index < -0.39 is 0 Å². The zero-order valence-electron chi connectivity index (χ0n) is 15.8. The van der Waals surface area contributed by atoms with E-state index in [9.17, 15) is 9.18 Å². The Hall–Kier alpha value is -1.66. The highest BCUT2D eigenvalue weighted by atomic mass is 35.5. The Kier molecular flexibility index (Phi) is 7.84. The van der Waals surface area contributed by atoms with Gasteiger partial charge in [0.25, 0.3) is 0 Å². The second-order valence-corrected chi connectivity index (χ2v) is 7.15. The van der Waals surface area contributed by atoms with Crippen LogP contribution >= 0.6 is 24.8 Å². The maximum atomic E-state index is 14.8. The Labute approximate surface area is 177 Å². The maximum Gasteiger partial charge on any atom is 0.241 e. The lowest BCUT2D eigenvalue weighted by Gasteiger charge is -2.33. The molecule has 0 radical (unpaired) electrons. The number of fused-ring (bicyclic) bond motifs is 2. The molecule has 1 unspecified atom stereocenters. The van der Waals surface area contributed by atoms with Crippen molar-refractivity contribution in [2.75, 3.05) is 18.4 Å². The molecule has 2 aromatic rings. The minimum Gasteiger partial charge on any atom is -0.322 e. The fourth-order valence-electron chi connectivity index (χ4n) is 3.88. The van der Waals surface area contributed by atoms with E-state index >= 15 is 0 Å². The largest absolute Gasteiger partial charge is 0.322 e. The van der Waals surface area contributed by atoms with Gasteiger partial charge in [0.05, 0.1) is 11.7 Å². The third-order valence-electron chi connectivity index (χ3n) is 5.55. The summed E-state index contributed by atoms with van der Waals surface area (Å²) in [6.07, 6.45) is 1.59. The van der Waals surface area contributed by atoms with Crippen molar-refractivity contribution in [3.8, 4) is 0 Å². The van der Waals surface area contributed by atoms with E-state index in [4.69, 9.17) is 0 Å². The Morgan fingerprint density at radius 1 is 1.11 bits per heavy atom. The average molecular weight is 426 g/mol. The van der Waals surface area contributed by atoms with Gasteiger partial charge in [-0.25, -0.2) is 4.39 Å². The van der Waals surface area contributed by atoms with Crippen molar-refractivity contribution in [1.29, 1.82) is 0 Å². The quantitative estimate of drug-likeness (QED) is 0.787. The van der Waals surface area contributed by atoms with Gasteiger partial charge in [-0.3, -0.25) is 9.69 Å². The van der Waals surface area contributed by atoms with Gasteiger partial charge in [-0.05, 0) is 54.6 Å². The molecule has 0 aliphatic carbocycles. The number of carbonyl (C=O) groups excluding carboxylic acids is 1. The van der Waals surface area contributed by atoms with Crippen LogP contribution in [0.4, 0.5) is 10.1 Å². The first-order chi connectivity index (χ1) is 12.6. The zero-order valence-corrected chi connectivity index (χ0v) is 17.5. The Morgan fingerprint density at radius 2 is 1.86 bits per heavy atom. The molecule has 7 heteroatoms. The van der Waals surface area contributed by atoms with Gasteiger partial charge in [0, 0.05) is 19.6 Å². The molecule has 1 atom stereocenters. The third-order valence-corrected chi connectivity index (χ3v) is 5.55. The predicted molar refractivity (Wildman–Crippen MR) is 115 cm³/mol. The van der Waals surface area contributed by atoms with Gasteiger partial charge in [-0.1, -0.05) is 30.3 Å². The summed E-state index contributed by atoms with van der Waals surface area (Å²) in [6, 6.07) is 11.6. The summed E-state index contributed by atoms with van der Waals surface area (Å²) in [5.74, 6) is -0.439. The number of halogens is 3. The number of hydrogen-bond donors (Lipinski definition) is 2. The minimum absolute atomic E-state index is 0. The van der Waals surface area contributed by atoms with E-state index in [1.807, 2.05) is 19.1 Å². The summed E-state index contributed by atoms with van der Waals surface area (Å²) in [5, 5.41) is 6.04. The predicted octanol–water partition coefficient (Wildman–Crippen LogP) is 3.70. The Morgan fingerprint density at radius 3 is 2.64 bits per heavy atom. The molecule has 2 aliphatic rings. The van der Waals surface area contributed by atoms with Crippen LogP contribution < -0.4 is 10.6 Å². The van der Waals surface area contributed by atoms with Gasteiger partial charge in [0.2, 0.25) is 5.91 Å². The standard InChI is InChI=1S/C21H24FN3O.2ClH/c1-14(25-11-9-15-4-2-3-5-17(15)13-25)21(26)24-19-7-6-16-12-23-10-8-18(16)20(19)22;;/h2-7,14,23H,8-13H2,1H3,(H,24,26);2*1H. The SMILES string of the molecule is CC(C(=O)Nc1ccc2c(c1F)CCNC2)N1CCc2ccccc2C1.Cl.Cl. The number of nitrogens with one attached hydrogen (secondary N) is 2. The van der Waals surface area contributed by atoms with E-state index in [1.165, 1.54) is 11.1 Å². The van der Waals surface area contributed by atoms with Crippen LogP contribution in [-0.4, -0.2) is 29.9 Å². The maximum absolute atomic E-state index is 14.8. The summed E-state index contributed by atoms with van der Waals surface area (Å²) in [6.45, 7) is 4.94. The number of nitrogens with zero attached hydrogens (tertiary/aromatic N) is 1. The average Bonchev–Trinajstić information content (AvgIpc) is 2.69. The van der Waals surface area contributed by atoms with Crippen molar-refractivity contribution in [3.05, 3.63) is 64.5 Å². The van der Waals surface area contributed by atoms with Crippen molar-refractivity contribution in [1.82, 2.24) is 10.2 Å². The fourth-order valence-corrected chi connectivity index (χ4v) is 3.88. The molecule has 2 heterocycles. The Bertz CT molecular complexity index is 846. The third kappa shape index (κ3) is 4.49. The molecule has 28 heavy (non-hydrogen) atoms. The Balaban J connectivity index is 0.00000140. The monoisotopic (exact) mass is 425 g/mol. The van der Waals surface area contributed by atoms with Crippen LogP contribution in [0.3, 0.4) is 0 Å². The van der Waals surface area contributed by atoms with Crippen LogP contribution in [0.5, 0.6) is 0 Å². The molecule has 0 saturated heterocycles. The van der Waals surface area contributed by atoms with Gasteiger partial charge in [-0.2, -0.15) is 0 Å². The number of carbonyl (C=O) groups is 1. The zero-order chi connectivity index (χ0) is 18.1. The van der Waals surface area contributed by atoms with Crippen LogP contribution in [0.15, 0.2) is 36.4 Å². The lowest BCUT2D eigenvalue weighted by atomic mass is 9.98. The second-order valence-electron chi connectivity index (χ2n) is 7.15. The van der Waals surface area contributed by atoms with E-state index in [0.29, 0.717) is 18.7 Å². The van der Waals surface area contributed by atoms with E-state index in [2.05, 4.69) is 33.7 Å². The minimum atomic E-state index is -0.305. The molecule has 0 spiro atoms. The number of amides is 1. The van der Waals surface area contributed by atoms with Crippen molar-refractivity contribution < 1.29 is 9.18 Å². The molecular formula is C21H26Cl2FN3O. The van der Waals surface area contributed by atoms with E-state index in [-0.39, 0.29) is 42.6 Å². The highest BCUT2D eigenvalue weighted by molar-refractivity contribution is 5.94. The van der Waals surface area contributed by atoms with E-state index in [0.717, 1.165) is 37.2 Å². The van der Waals surface area contributed by atoms with Crippen molar-refractivity contribution in [2.45, 2.75) is 38.9 Å². The molecule has 152 valence electrons. The van der Waals surface area contributed by atoms with E-state index in [1.54, 1.807) is 6.07 Å². The molecule has 0 fully saturated rings.